The van der Waals surface area contributed by atoms with Gasteiger partial charge >= 0.3 is 0 Å². The first-order valence-corrected chi connectivity index (χ1v) is 7.07. The molecule has 0 bridgehead atoms. The Morgan fingerprint density at radius 1 is 1.15 bits per heavy atom. The van der Waals surface area contributed by atoms with E-state index in [0.29, 0.717) is 5.56 Å². The van der Waals surface area contributed by atoms with Gasteiger partial charge in [-0.15, -0.1) is 0 Å². The number of anilines is 1. The molecule has 20 heavy (non-hydrogen) atoms. The zero-order valence-corrected chi connectivity index (χ0v) is 13.0. The molecule has 0 radical (unpaired) electrons. The Kier molecular flexibility index (Phi) is 4.57. The van der Waals surface area contributed by atoms with Crippen LogP contribution in [0.5, 0.6) is 0 Å². The third-order valence-corrected chi connectivity index (χ3v) is 3.93. The zero-order valence-electron chi connectivity index (χ0n) is 11.4. The molecule has 1 amide bonds. The van der Waals surface area contributed by atoms with Gasteiger partial charge in [-0.25, -0.2) is 0 Å². The Labute approximate surface area is 127 Å². The highest BCUT2D eigenvalue weighted by molar-refractivity contribution is 9.10. The van der Waals surface area contributed by atoms with Gasteiger partial charge in [-0.05, 0) is 46.1 Å². The third kappa shape index (κ3) is 2.92. The average molecular weight is 334 g/mol. The van der Waals surface area contributed by atoms with Crippen molar-refractivity contribution in [2.24, 2.45) is 0 Å². The number of nitrogens with zero attached hydrogens (tertiary/aromatic N) is 1. The summed E-state index contributed by atoms with van der Waals surface area (Å²) in [7, 11) is 1.66. The normalized spacial score (nSPS) is 12.0. The lowest BCUT2D eigenvalue weighted by molar-refractivity contribution is -0.126. The van der Waals surface area contributed by atoms with Gasteiger partial charge in [0.1, 0.15) is 0 Å². The minimum absolute atomic E-state index is 0.355. The largest absolute Gasteiger partial charge is 0.378 e. The molecule has 0 aliphatic heterocycles. The Hall–Kier alpha value is -1.65. The van der Waals surface area contributed by atoms with Gasteiger partial charge in [-0.3, -0.25) is 4.79 Å². The number of amides is 1. The summed E-state index contributed by atoms with van der Waals surface area (Å²) < 4.78 is 0.813. The Balaban J connectivity index is 2.28. The van der Waals surface area contributed by atoms with E-state index in [9.17, 15) is 9.90 Å². The zero-order chi connectivity index (χ0) is 14.7. The Bertz CT molecular complexity index is 574. The molecule has 1 N–H and O–H groups in total. The van der Waals surface area contributed by atoms with E-state index in [2.05, 4.69) is 15.9 Å². The fourth-order valence-corrected chi connectivity index (χ4v) is 2.60. The Morgan fingerprint density at radius 3 is 2.40 bits per heavy atom. The number of hydrogen-bond acceptors (Lipinski definition) is 2. The molecule has 104 valence electrons. The van der Waals surface area contributed by atoms with Crippen molar-refractivity contribution in [3.8, 4) is 0 Å². The first-order valence-electron chi connectivity index (χ1n) is 6.28. The lowest BCUT2D eigenvalue weighted by atomic mass is 10.0. The lowest BCUT2D eigenvalue weighted by Gasteiger charge is -2.22. The van der Waals surface area contributed by atoms with Crippen LogP contribution in [0.4, 0.5) is 5.69 Å². The average Bonchev–Trinajstić information content (AvgIpc) is 2.46. The number of aliphatic hydroxyl groups is 1. The molecule has 1 unspecified atom stereocenters. The number of halogens is 1. The van der Waals surface area contributed by atoms with E-state index in [1.165, 1.54) is 4.90 Å². The number of likely N-dealkylation sites (N-methyl/N-ethyl adjacent to an activating group) is 1. The van der Waals surface area contributed by atoms with Crippen LogP contribution in [0.25, 0.3) is 0 Å². The number of rotatable bonds is 3. The maximum atomic E-state index is 12.4. The minimum Gasteiger partial charge on any atom is -0.378 e. The summed E-state index contributed by atoms with van der Waals surface area (Å²) in [6.45, 7) is 1.88. The second-order valence-corrected chi connectivity index (χ2v) is 5.46. The standard InChI is InChI=1S/C16H16BrNO2/c1-11-7-3-4-8-12(11)15(19)16(20)18(2)14-10-6-5-9-13(14)17/h3-10,15,19H,1-2H3. The summed E-state index contributed by atoms with van der Waals surface area (Å²) in [6, 6.07) is 14.8. The van der Waals surface area contributed by atoms with Crippen LogP contribution in [0.1, 0.15) is 17.2 Å². The second kappa shape index (κ2) is 6.20. The maximum absolute atomic E-state index is 12.4. The molecule has 2 aromatic carbocycles. The monoisotopic (exact) mass is 333 g/mol. The predicted molar refractivity (Wildman–Crippen MR) is 83.7 cm³/mol. The molecule has 1 atom stereocenters. The molecule has 0 spiro atoms. The predicted octanol–water partition coefficient (Wildman–Crippen LogP) is 3.45. The number of benzene rings is 2. The van der Waals surface area contributed by atoms with E-state index in [1.807, 2.05) is 49.4 Å². The summed E-state index contributed by atoms with van der Waals surface area (Å²) >= 11 is 3.41. The third-order valence-electron chi connectivity index (χ3n) is 3.26. The highest BCUT2D eigenvalue weighted by Gasteiger charge is 2.24. The molecule has 0 aliphatic carbocycles. The quantitative estimate of drug-likeness (QED) is 0.934. The number of hydrogen-bond donors (Lipinski definition) is 1. The van der Waals surface area contributed by atoms with Crippen molar-refractivity contribution in [2.75, 3.05) is 11.9 Å². The van der Waals surface area contributed by atoms with E-state index in [-0.39, 0.29) is 5.91 Å². The van der Waals surface area contributed by atoms with Crippen molar-refractivity contribution in [1.29, 1.82) is 0 Å². The fourth-order valence-electron chi connectivity index (χ4n) is 2.05. The summed E-state index contributed by atoms with van der Waals surface area (Å²) in [5, 5.41) is 10.3. The van der Waals surface area contributed by atoms with E-state index >= 15 is 0 Å². The molecule has 4 heteroatoms. The first-order chi connectivity index (χ1) is 9.52. The smallest absolute Gasteiger partial charge is 0.260 e. The molecule has 0 heterocycles. The molecule has 0 saturated carbocycles. The maximum Gasteiger partial charge on any atom is 0.260 e. The summed E-state index contributed by atoms with van der Waals surface area (Å²) in [4.78, 5) is 13.9. The van der Waals surface area contributed by atoms with Crippen molar-refractivity contribution in [3.05, 3.63) is 64.1 Å². The van der Waals surface area contributed by atoms with Gasteiger partial charge in [-0.1, -0.05) is 36.4 Å². The van der Waals surface area contributed by atoms with Crippen LogP contribution in [-0.2, 0) is 4.79 Å². The molecule has 0 fully saturated rings. The van der Waals surface area contributed by atoms with Crippen molar-refractivity contribution in [3.63, 3.8) is 0 Å². The van der Waals surface area contributed by atoms with Crippen LogP contribution in [0.3, 0.4) is 0 Å². The van der Waals surface area contributed by atoms with Gasteiger partial charge in [0, 0.05) is 11.5 Å². The fraction of sp³-hybridized carbons (Fsp3) is 0.188. The van der Waals surface area contributed by atoms with E-state index in [4.69, 9.17) is 0 Å². The van der Waals surface area contributed by atoms with Gasteiger partial charge in [0.2, 0.25) is 0 Å². The van der Waals surface area contributed by atoms with Crippen LogP contribution in [0.2, 0.25) is 0 Å². The van der Waals surface area contributed by atoms with Crippen molar-refractivity contribution in [1.82, 2.24) is 0 Å². The van der Waals surface area contributed by atoms with Gasteiger partial charge < -0.3 is 10.0 Å². The van der Waals surface area contributed by atoms with Gasteiger partial charge in [0.15, 0.2) is 6.10 Å². The molecule has 2 aromatic rings. The molecule has 2 rings (SSSR count). The van der Waals surface area contributed by atoms with Gasteiger partial charge in [0.25, 0.3) is 5.91 Å². The van der Waals surface area contributed by atoms with Crippen molar-refractivity contribution < 1.29 is 9.90 Å². The lowest BCUT2D eigenvalue weighted by Crippen LogP contribution is -2.32. The molecule has 0 aliphatic rings. The first kappa shape index (κ1) is 14.8. The van der Waals surface area contributed by atoms with Crippen molar-refractivity contribution >= 4 is 27.5 Å². The van der Waals surface area contributed by atoms with Gasteiger partial charge in [-0.2, -0.15) is 0 Å². The topological polar surface area (TPSA) is 40.5 Å². The number of aryl methyl sites for hydroxylation is 1. The van der Waals surface area contributed by atoms with Gasteiger partial charge in [0.05, 0.1) is 5.69 Å². The van der Waals surface area contributed by atoms with E-state index < -0.39 is 6.10 Å². The second-order valence-electron chi connectivity index (χ2n) is 4.61. The SMILES string of the molecule is Cc1ccccc1C(O)C(=O)N(C)c1ccccc1Br. The van der Waals surface area contributed by atoms with E-state index in [0.717, 1.165) is 15.7 Å². The van der Waals surface area contributed by atoms with Crippen LogP contribution < -0.4 is 4.90 Å². The van der Waals surface area contributed by atoms with E-state index in [1.54, 1.807) is 13.1 Å². The van der Waals surface area contributed by atoms with Crippen molar-refractivity contribution in [2.45, 2.75) is 13.0 Å². The summed E-state index contributed by atoms with van der Waals surface area (Å²) in [5.41, 5.74) is 2.26. The van der Waals surface area contributed by atoms with Crippen LogP contribution >= 0.6 is 15.9 Å². The summed E-state index contributed by atoms with van der Waals surface area (Å²) in [6.07, 6.45) is -1.16. The minimum atomic E-state index is -1.16. The molecule has 3 nitrogen and oxygen atoms in total. The van der Waals surface area contributed by atoms with Crippen LogP contribution in [0.15, 0.2) is 53.0 Å². The number of carbonyl (C=O) groups is 1. The highest BCUT2D eigenvalue weighted by Crippen LogP contribution is 2.27. The summed E-state index contributed by atoms with van der Waals surface area (Å²) in [5.74, 6) is -0.355. The highest BCUT2D eigenvalue weighted by atomic mass is 79.9. The number of para-hydroxylation sites is 1. The number of aliphatic hydroxyl groups excluding tert-OH is 1. The molecule has 0 saturated heterocycles. The Morgan fingerprint density at radius 2 is 1.75 bits per heavy atom. The molecular weight excluding hydrogens is 318 g/mol. The molecule has 0 aromatic heterocycles. The number of carbonyl (C=O) groups excluding carboxylic acids is 1. The molecular formula is C16H16BrNO2. The van der Waals surface area contributed by atoms with Crippen LogP contribution in [-0.4, -0.2) is 18.1 Å². The van der Waals surface area contributed by atoms with Crippen LogP contribution in [0, 0.1) is 6.92 Å².